The summed E-state index contributed by atoms with van der Waals surface area (Å²) in [5.74, 6) is -2.68. The normalized spacial score (nSPS) is 20.3. The molecule has 1 saturated heterocycles. The van der Waals surface area contributed by atoms with E-state index < -0.39 is 11.8 Å². The molecule has 2 N–H and O–H groups in total. The van der Waals surface area contributed by atoms with Crippen molar-refractivity contribution in [1.29, 1.82) is 0 Å². The molecule has 0 radical (unpaired) electrons. The number of carbonyl (C=O) groups excluding carboxylic acids is 1. The van der Waals surface area contributed by atoms with Crippen molar-refractivity contribution in [3.63, 3.8) is 0 Å². The summed E-state index contributed by atoms with van der Waals surface area (Å²) in [4.78, 5) is 18.5. The van der Waals surface area contributed by atoms with Crippen LogP contribution in [0, 0.1) is 11.7 Å². The van der Waals surface area contributed by atoms with Gasteiger partial charge in [-0.3, -0.25) is 4.79 Å². The van der Waals surface area contributed by atoms with Crippen molar-refractivity contribution in [2.24, 2.45) is 5.92 Å². The average molecular weight is 491 g/mol. The van der Waals surface area contributed by atoms with Gasteiger partial charge in [0.15, 0.2) is 11.6 Å². The fraction of sp³-hybridized carbons (Fsp3) is 0.538. The van der Waals surface area contributed by atoms with Crippen LogP contribution in [0.3, 0.4) is 0 Å². The molecular formula is C26H33F3N4O2. The van der Waals surface area contributed by atoms with Crippen LogP contribution in [0.2, 0.25) is 0 Å². The lowest BCUT2D eigenvalue weighted by Crippen LogP contribution is -2.43. The Morgan fingerprint density at radius 2 is 2.00 bits per heavy atom. The van der Waals surface area contributed by atoms with Gasteiger partial charge < -0.3 is 20.3 Å². The number of carbonyl (C=O) groups is 1. The second-order valence-electron chi connectivity index (χ2n) is 9.56. The Labute approximate surface area is 204 Å². The first-order valence-electron chi connectivity index (χ1n) is 12.3. The number of aromatic nitrogens is 1. The van der Waals surface area contributed by atoms with E-state index in [2.05, 4.69) is 15.6 Å². The fourth-order valence-corrected chi connectivity index (χ4v) is 4.59. The molecule has 1 saturated carbocycles. The maximum atomic E-state index is 14.9. The highest BCUT2D eigenvalue weighted by Gasteiger charge is 2.45. The first kappa shape index (κ1) is 25.1. The third-order valence-electron chi connectivity index (χ3n) is 6.71. The standard InChI is InChI=1S/C26H33F3N4O2/c1-3-10-30-24-23(27)22(8-11-31-24)33-12-9-21(16-33)35-20-6-4-19(5-7-20)17(2)25(34)32-15-18-13-26(28,29)14-18/h4-8,11,17-18,21H,3,9-10,12-16H2,1-2H3,(H,30,31)(H,32,34)/t17?,21-/m1/s1. The number of amides is 1. The van der Waals surface area contributed by atoms with E-state index in [1.807, 2.05) is 36.1 Å². The molecule has 9 heteroatoms. The molecule has 0 spiro atoms. The number of anilines is 2. The van der Waals surface area contributed by atoms with Crippen molar-refractivity contribution in [2.75, 3.05) is 36.4 Å². The molecule has 35 heavy (non-hydrogen) atoms. The monoisotopic (exact) mass is 490 g/mol. The Kier molecular flexibility index (Phi) is 7.72. The zero-order valence-corrected chi connectivity index (χ0v) is 20.2. The Morgan fingerprint density at radius 3 is 2.69 bits per heavy atom. The third-order valence-corrected chi connectivity index (χ3v) is 6.71. The molecular weight excluding hydrogens is 457 g/mol. The van der Waals surface area contributed by atoms with Crippen molar-refractivity contribution < 1.29 is 22.7 Å². The second-order valence-corrected chi connectivity index (χ2v) is 9.56. The molecule has 2 heterocycles. The topological polar surface area (TPSA) is 66.5 Å². The molecule has 1 aliphatic carbocycles. The van der Waals surface area contributed by atoms with Crippen LogP contribution in [0.4, 0.5) is 24.7 Å². The number of ether oxygens (including phenoxy) is 1. The maximum absolute atomic E-state index is 14.9. The molecule has 6 nitrogen and oxygen atoms in total. The molecule has 2 aromatic rings. The van der Waals surface area contributed by atoms with Crippen molar-refractivity contribution in [2.45, 2.75) is 57.5 Å². The SMILES string of the molecule is CCCNc1nccc(N2CC[C@@H](Oc3ccc(C(C)C(=O)NCC4CC(F)(F)C4)cc3)C2)c1F. The molecule has 2 fully saturated rings. The van der Waals surface area contributed by atoms with E-state index in [-0.39, 0.29) is 49.0 Å². The van der Waals surface area contributed by atoms with Gasteiger partial charge in [-0.1, -0.05) is 19.1 Å². The number of benzene rings is 1. The highest BCUT2D eigenvalue weighted by Crippen LogP contribution is 2.41. The quantitative estimate of drug-likeness (QED) is 0.493. The lowest BCUT2D eigenvalue weighted by atomic mass is 9.81. The minimum Gasteiger partial charge on any atom is -0.489 e. The molecule has 1 aromatic heterocycles. The van der Waals surface area contributed by atoms with Crippen LogP contribution in [-0.4, -0.2) is 49.1 Å². The van der Waals surface area contributed by atoms with Crippen molar-refractivity contribution in [3.05, 3.63) is 47.9 Å². The summed E-state index contributed by atoms with van der Waals surface area (Å²) in [7, 11) is 0. The summed E-state index contributed by atoms with van der Waals surface area (Å²) in [5, 5.41) is 5.81. The average Bonchev–Trinajstić information content (AvgIpc) is 3.28. The van der Waals surface area contributed by atoms with Crippen LogP contribution < -0.4 is 20.3 Å². The largest absolute Gasteiger partial charge is 0.489 e. The first-order chi connectivity index (χ1) is 16.8. The van der Waals surface area contributed by atoms with Gasteiger partial charge in [-0.15, -0.1) is 0 Å². The summed E-state index contributed by atoms with van der Waals surface area (Å²) in [6.45, 7) is 6.00. The number of nitrogens with one attached hydrogen (secondary N) is 2. The Morgan fingerprint density at radius 1 is 1.26 bits per heavy atom. The van der Waals surface area contributed by atoms with Gasteiger partial charge in [-0.25, -0.2) is 18.2 Å². The van der Waals surface area contributed by atoms with Gasteiger partial charge in [0.2, 0.25) is 11.8 Å². The summed E-state index contributed by atoms with van der Waals surface area (Å²) in [5.41, 5.74) is 1.35. The maximum Gasteiger partial charge on any atom is 0.248 e. The van der Waals surface area contributed by atoms with Crippen LogP contribution >= 0.6 is 0 Å². The Bertz CT molecular complexity index is 1010. The molecule has 1 unspecified atom stereocenters. The molecule has 2 aliphatic rings. The van der Waals surface area contributed by atoms with Gasteiger partial charge >= 0.3 is 0 Å². The first-order valence-corrected chi connectivity index (χ1v) is 12.3. The van der Waals surface area contributed by atoms with E-state index in [0.29, 0.717) is 31.1 Å². The van der Waals surface area contributed by atoms with Crippen LogP contribution in [0.1, 0.15) is 51.0 Å². The highest BCUT2D eigenvalue weighted by molar-refractivity contribution is 5.83. The van der Waals surface area contributed by atoms with Crippen molar-refractivity contribution in [1.82, 2.24) is 10.3 Å². The van der Waals surface area contributed by atoms with Gasteiger partial charge in [-0.2, -0.15) is 0 Å². The van der Waals surface area contributed by atoms with Crippen LogP contribution in [0.5, 0.6) is 5.75 Å². The van der Waals surface area contributed by atoms with E-state index >= 15 is 0 Å². The summed E-state index contributed by atoms with van der Waals surface area (Å²) in [6, 6.07) is 9.03. The van der Waals surface area contributed by atoms with E-state index in [0.717, 1.165) is 18.4 Å². The minimum absolute atomic E-state index is 0.0817. The Hall–Kier alpha value is -2.97. The summed E-state index contributed by atoms with van der Waals surface area (Å²) in [6.07, 6.45) is 2.87. The second kappa shape index (κ2) is 10.7. The third kappa shape index (κ3) is 6.18. The summed E-state index contributed by atoms with van der Waals surface area (Å²) >= 11 is 0. The van der Waals surface area contributed by atoms with Gasteiger partial charge in [0, 0.05) is 45.1 Å². The number of rotatable bonds is 10. The molecule has 4 rings (SSSR count). The molecule has 1 aliphatic heterocycles. The van der Waals surface area contributed by atoms with E-state index in [4.69, 9.17) is 4.74 Å². The lowest BCUT2D eigenvalue weighted by molar-refractivity contribution is -0.127. The van der Waals surface area contributed by atoms with Crippen molar-refractivity contribution in [3.8, 4) is 5.75 Å². The van der Waals surface area contributed by atoms with Gasteiger partial charge in [0.05, 0.1) is 18.2 Å². The van der Waals surface area contributed by atoms with Crippen molar-refractivity contribution >= 4 is 17.4 Å². The molecule has 2 atom stereocenters. The zero-order chi connectivity index (χ0) is 25.0. The number of hydrogen-bond donors (Lipinski definition) is 2. The molecule has 190 valence electrons. The van der Waals surface area contributed by atoms with Gasteiger partial charge in [0.1, 0.15) is 11.9 Å². The minimum atomic E-state index is -2.57. The van der Waals surface area contributed by atoms with Crippen LogP contribution in [0.25, 0.3) is 0 Å². The highest BCUT2D eigenvalue weighted by atomic mass is 19.3. The smallest absolute Gasteiger partial charge is 0.248 e. The number of hydrogen-bond acceptors (Lipinski definition) is 5. The van der Waals surface area contributed by atoms with Crippen LogP contribution in [0.15, 0.2) is 36.5 Å². The van der Waals surface area contributed by atoms with Crippen LogP contribution in [-0.2, 0) is 4.79 Å². The van der Waals surface area contributed by atoms with E-state index in [1.54, 1.807) is 19.2 Å². The molecule has 1 aromatic carbocycles. The number of nitrogens with zero attached hydrogens (tertiary/aromatic N) is 2. The zero-order valence-electron chi connectivity index (χ0n) is 20.2. The number of alkyl halides is 2. The van der Waals surface area contributed by atoms with Gasteiger partial charge in [0.25, 0.3) is 0 Å². The van der Waals surface area contributed by atoms with Gasteiger partial charge in [-0.05, 0) is 43.0 Å². The summed E-state index contributed by atoms with van der Waals surface area (Å²) < 4.78 is 46.9. The van der Waals surface area contributed by atoms with E-state index in [9.17, 15) is 18.0 Å². The molecule has 0 bridgehead atoms. The molecule has 1 amide bonds. The Balaban J connectivity index is 1.27. The number of halogens is 3. The fourth-order valence-electron chi connectivity index (χ4n) is 4.59. The predicted molar refractivity (Wildman–Crippen MR) is 130 cm³/mol. The number of pyridine rings is 1. The van der Waals surface area contributed by atoms with E-state index in [1.165, 1.54) is 0 Å². The predicted octanol–water partition coefficient (Wildman–Crippen LogP) is 4.97. The lowest BCUT2D eigenvalue weighted by Gasteiger charge is -2.35.